The van der Waals surface area contributed by atoms with Crippen LogP contribution in [-0.2, 0) is 16.1 Å². The van der Waals surface area contributed by atoms with Crippen molar-refractivity contribution in [3.05, 3.63) is 30.1 Å². The van der Waals surface area contributed by atoms with Crippen LogP contribution in [0.1, 0.15) is 81.5 Å². The molecule has 5 nitrogen and oxygen atoms in total. The molecule has 0 aromatic carbocycles. The van der Waals surface area contributed by atoms with Gasteiger partial charge in [0.05, 0.1) is 6.61 Å². The summed E-state index contributed by atoms with van der Waals surface area (Å²) in [4.78, 5) is 22.9. The molecule has 0 atom stereocenters. The molecule has 1 aromatic heterocycles. The molecule has 0 saturated heterocycles. The number of nitrogens with zero attached hydrogens (tertiary/aromatic N) is 1. The van der Waals surface area contributed by atoms with E-state index in [4.69, 9.17) is 10.5 Å². The summed E-state index contributed by atoms with van der Waals surface area (Å²) in [6.45, 7) is 2.80. The third-order valence-electron chi connectivity index (χ3n) is 4.22. The number of aromatic nitrogens is 1. The normalized spacial score (nSPS) is 10.6. The highest BCUT2D eigenvalue weighted by Crippen LogP contribution is 2.10. The molecule has 0 aliphatic rings. The number of amides is 1. The molecule has 0 bridgehead atoms. The van der Waals surface area contributed by atoms with Crippen molar-refractivity contribution in [1.82, 2.24) is 0 Å². The maximum atomic E-state index is 11.8. The number of carbonyl (C=O) groups is 2. The number of carbonyl (C=O) groups excluding carboxylic acids is 2. The lowest BCUT2D eigenvalue weighted by molar-refractivity contribution is -0.686. The van der Waals surface area contributed by atoms with Crippen molar-refractivity contribution in [2.75, 3.05) is 6.61 Å². The van der Waals surface area contributed by atoms with E-state index in [0.29, 0.717) is 12.2 Å². The summed E-state index contributed by atoms with van der Waals surface area (Å²) in [5, 5.41) is 0. The van der Waals surface area contributed by atoms with Crippen molar-refractivity contribution in [1.29, 1.82) is 0 Å². The molecular weight excluding hydrogens is 316 g/mol. The maximum Gasteiger partial charge on any atom is 0.372 e. The summed E-state index contributed by atoms with van der Waals surface area (Å²) < 4.78 is 6.85. The summed E-state index contributed by atoms with van der Waals surface area (Å²) in [5.41, 5.74) is 5.60. The fourth-order valence-corrected chi connectivity index (χ4v) is 2.74. The summed E-state index contributed by atoms with van der Waals surface area (Å²) in [5.74, 6) is -0.796. The van der Waals surface area contributed by atoms with Gasteiger partial charge in [0, 0.05) is 6.07 Å². The van der Waals surface area contributed by atoms with Crippen LogP contribution in [0, 0.1) is 0 Å². The molecule has 1 heterocycles. The quantitative estimate of drug-likeness (QED) is 0.317. The zero-order valence-electron chi connectivity index (χ0n) is 15.5. The number of hydrogen-bond donors (Lipinski definition) is 1. The van der Waals surface area contributed by atoms with Gasteiger partial charge in [0.1, 0.15) is 5.56 Å². The number of esters is 1. The van der Waals surface area contributed by atoms with Gasteiger partial charge in [0.25, 0.3) is 5.91 Å². The molecule has 0 radical (unpaired) electrons. The highest BCUT2D eigenvalue weighted by atomic mass is 16.5. The molecule has 0 fully saturated rings. The van der Waals surface area contributed by atoms with Crippen molar-refractivity contribution in [2.45, 2.75) is 77.7 Å². The molecule has 5 heteroatoms. The lowest BCUT2D eigenvalue weighted by atomic mass is 10.1. The number of pyridine rings is 1. The van der Waals surface area contributed by atoms with Crippen molar-refractivity contribution in [3.63, 3.8) is 0 Å². The van der Waals surface area contributed by atoms with Gasteiger partial charge in [-0.2, -0.15) is 4.57 Å². The Hall–Kier alpha value is -1.91. The molecule has 0 saturated carbocycles. The molecule has 2 N–H and O–H groups in total. The Kier molecular flexibility index (Phi) is 11.3. The fraction of sp³-hybridized carbons (Fsp3) is 0.650. The highest BCUT2D eigenvalue weighted by Gasteiger charge is 2.12. The Morgan fingerprint density at radius 2 is 1.60 bits per heavy atom. The summed E-state index contributed by atoms with van der Waals surface area (Å²) in [6.07, 6.45) is 15.8. The Balaban J connectivity index is 2.02. The van der Waals surface area contributed by atoms with Crippen molar-refractivity contribution < 1.29 is 18.9 Å². The molecule has 0 spiro atoms. The van der Waals surface area contributed by atoms with Gasteiger partial charge < -0.3 is 10.5 Å². The first-order valence-corrected chi connectivity index (χ1v) is 9.58. The largest absolute Gasteiger partial charge is 0.461 e. The van der Waals surface area contributed by atoms with E-state index in [-0.39, 0.29) is 12.5 Å². The monoisotopic (exact) mass is 349 g/mol. The fourth-order valence-electron chi connectivity index (χ4n) is 2.74. The summed E-state index contributed by atoms with van der Waals surface area (Å²) in [6, 6.07) is 3.31. The topological polar surface area (TPSA) is 73.3 Å². The Morgan fingerprint density at radius 3 is 2.20 bits per heavy atom. The summed E-state index contributed by atoms with van der Waals surface area (Å²) >= 11 is 0. The number of rotatable bonds is 14. The molecular formula is C20H33N2O3+. The van der Waals surface area contributed by atoms with Gasteiger partial charge in [0.2, 0.25) is 6.54 Å². The average molecular weight is 349 g/mol. The first kappa shape index (κ1) is 21.1. The number of ether oxygens (including phenoxy) is 1. The predicted molar refractivity (Wildman–Crippen MR) is 98.0 cm³/mol. The van der Waals surface area contributed by atoms with Crippen LogP contribution >= 0.6 is 0 Å². The van der Waals surface area contributed by atoms with E-state index >= 15 is 0 Å². The molecule has 0 aliphatic heterocycles. The van der Waals surface area contributed by atoms with Crippen LogP contribution in [0.15, 0.2) is 24.5 Å². The van der Waals surface area contributed by atoms with E-state index in [1.807, 2.05) is 0 Å². The molecule has 25 heavy (non-hydrogen) atoms. The predicted octanol–water partition coefficient (Wildman–Crippen LogP) is 3.54. The lowest BCUT2D eigenvalue weighted by Gasteiger charge is -2.04. The molecule has 1 rings (SSSR count). The Bertz CT molecular complexity index is 517. The van der Waals surface area contributed by atoms with Crippen LogP contribution in [0.5, 0.6) is 0 Å². The zero-order chi connectivity index (χ0) is 18.3. The highest BCUT2D eigenvalue weighted by molar-refractivity contribution is 5.92. The second-order valence-corrected chi connectivity index (χ2v) is 6.53. The van der Waals surface area contributed by atoms with Gasteiger partial charge in [-0.05, 0) is 12.5 Å². The van der Waals surface area contributed by atoms with Crippen LogP contribution in [0.25, 0.3) is 0 Å². The minimum absolute atomic E-state index is 0.0961. The third kappa shape index (κ3) is 10.5. The van der Waals surface area contributed by atoms with E-state index in [0.717, 1.165) is 12.8 Å². The van der Waals surface area contributed by atoms with Crippen LogP contribution in [0.4, 0.5) is 0 Å². The number of unbranched alkanes of at least 4 members (excludes halogenated alkanes) is 9. The Morgan fingerprint density at radius 1 is 1.00 bits per heavy atom. The molecule has 0 unspecified atom stereocenters. The van der Waals surface area contributed by atoms with Crippen LogP contribution in [0.2, 0.25) is 0 Å². The van der Waals surface area contributed by atoms with Crippen molar-refractivity contribution in [3.8, 4) is 0 Å². The van der Waals surface area contributed by atoms with Gasteiger partial charge in [-0.1, -0.05) is 64.7 Å². The van der Waals surface area contributed by atoms with Gasteiger partial charge in [-0.15, -0.1) is 0 Å². The minimum Gasteiger partial charge on any atom is -0.461 e. The second-order valence-electron chi connectivity index (χ2n) is 6.53. The van der Waals surface area contributed by atoms with Gasteiger partial charge >= 0.3 is 5.97 Å². The number of primary amides is 1. The lowest BCUT2D eigenvalue weighted by Crippen LogP contribution is -2.39. The van der Waals surface area contributed by atoms with Gasteiger partial charge in [-0.3, -0.25) is 4.79 Å². The Labute approximate surface area is 151 Å². The first-order chi connectivity index (χ1) is 12.1. The van der Waals surface area contributed by atoms with E-state index < -0.39 is 5.91 Å². The maximum absolute atomic E-state index is 11.8. The molecule has 140 valence electrons. The third-order valence-corrected chi connectivity index (χ3v) is 4.22. The van der Waals surface area contributed by atoms with Crippen LogP contribution < -0.4 is 10.3 Å². The van der Waals surface area contributed by atoms with Gasteiger partial charge in [-0.25, -0.2) is 4.79 Å². The smallest absolute Gasteiger partial charge is 0.372 e. The zero-order valence-corrected chi connectivity index (χ0v) is 15.5. The van der Waals surface area contributed by atoms with E-state index in [1.54, 1.807) is 29.1 Å². The molecule has 0 aliphatic carbocycles. The molecule has 1 aromatic rings. The minimum atomic E-state index is -0.506. The SMILES string of the molecule is CCCCCCCCCCCCOC(=O)C[n+]1cccc(C(N)=O)c1. The van der Waals surface area contributed by atoms with Crippen molar-refractivity contribution in [2.24, 2.45) is 5.73 Å². The average Bonchev–Trinajstić information content (AvgIpc) is 2.60. The number of nitrogens with two attached hydrogens (primary N) is 1. The molecule has 1 amide bonds. The van der Waals surface area contributed by atoms with E-state index in [9.17, 15) is 9.59 Å². The standard InChI is InChI=1S/C20H32N2O3/c1-2-3-4-5-6-7-8-9-10-11-15-25-19(23)17-22-14-12-13-18(16-22)20(21)24/h12-14,16H,2-11,15,17H2,1H3,(H-,21,24)/p+1. The van der Waals surface area contributed by atoms with Crippen LogP contribution in [0.3, 0.4) is 0 Å². The first-order valence-electron chi connectivity index (χ1n) is 9.58. The van der Waals surface area contributed by atoms with Crippen molar-refractivity contribution >= 4 is 11.9 Å². The second kappa shape index (κ2) is 13.4. The van der Waals surface area contributed by atoms with E-state index in [2.05, 4.69) is 6.92 Å². The van der Waals surface area contributed by atoms with Crippen LogP contribution in [-0.4, -0.2) is 18.5 Å². The van der Waals surface area contributed by atoms with Gasteiger partial charge in [0.15, 0.2) is 12.4 Å². The number of hydrogen-bond acceptors (Lipinski definition) is 3. The summed E-state index contributed by atoms with van der Waals surface area (Å²) in [7, 11) is 0. The van der Waals surface area contributed by atoms with E-state index in [1.165, 1.54) is 51.4 Å².